The van der Waals surface area contributed by atoms with E-state index in [9.17, 15) is 25.0 Å². The van der Waals surface area contributed by atoms with Crippen molar-refractivity contribution >= 4 is 23.2 Å². The van der Waals surface area contributed by atoms with E-state index in [4.69, 9.17) is 4.52 Å². The van der Waals surface area contributed by atoms with Crippen molar-refractivity contribution in [1.29, 1.82) is 0 Å². The molecule has 0 atom stereocenters. The molecule has 2 aromatic rings. The number of aromatic nitrogens is 1. The fourth-order valence-electron chi connectivity index (χ4n) is 2.44. The number of fused-ring (bicyclic) bond motifs is 1. The Morgan fingerprint density at radius 3 is 2.39 bits per heavy atom. The van der Waals surface area contributed by atoms with Crippen LogP contribution in [-0.2, 0) is 12.8 Å². The standard InChI is InChI=1S/C13H10N4O6/c18-12(14-13-10-2-1-3-11(10)15-23-13)7-4-8(16(19)20)6-9(5-7)17(21)22/h4-6H,1-3H2,(H,14,18). The lowest BCUT2D eigenvalue weighted by atomic mass is 10.1. The Kier molecular flexibility index (Phi) is 3.48. The average molecular weight is 318 g/mol. The Morgan fingerprint density at radius 1 is 1.13 bits per heavy atom. The summed E-state index contributed by atoms with van der Waals surface area (Å²) in [6.45, 7) is 0. The summed E-state index contributed by atoms with van der Waals surface area (Å²) in [4.78, 5) is 32.3. The van der Waals surface area contributed by atoms with Gasteiger partial charge >= 0.3 is 0 Å². The van der Waals surface area contributed by atoms with E-state index in [1.807, 2.05) is 0 Å². The Morgan fingerprint density at radius 2 is 1.78 bits per heavy atom. The number of amides is 1. The van der Waals surface area contributed by atoms with E-state index in [1.165, 1.54) is 0 Å². The molecule has 23 heavy (non-hydrogen) atoms. The largest absolute Gasteiger partial charge is 0.338 e. The van der Waals surface area contributed by atoms with Gasteiger partial charge in [-0.25, -0.2) is 0 Å². The molecule has 0 aliphatic heterocycles. The number of rotatable bonds is 4. The maximum atomic E-state index is 12.2. The summed E-state index contributed by atoms with van der Waals surface area (Å²) in [5.41, 5.74) is 0.289. The zero-order chi connectivity index (χ0) is 16.6. The molecule has 0 unspecified atom stereocenters. The number of hydrogen-bond acceptors (Lipinski definition) is 7. The van der Waals surface area contributed by atoms with E-state index in [1.54, 1.807) is 0 Å². The number of nitro groups is 2. The summed E-state index contributed by atoms with van der Waals surface area (Å²) in [6.07, 6.45) is 2.37. The molecule has 1 heterocycles. The van der Waals surface area contributed by atoms with E-state index in [0.29, 0.717) is 6.42 Å². The van der Waals surface area contributed by atoms with Crippen LogP contribution in [0, 0.1) is 20.2 Å². The van der Waals surface area contributed by atoms with Gasteiger partial charge in [-0.3, -0.25) is 30.3 Å². The second kappa shape index (κ2) is 5.48. The lowest BCUT2D eigenvalue weighted by molar-refractivity contribution is -0.394. The number of carbonyl (C=O) groups excluding carboxylic acids is 1. The molecule has 10 nitrogen and oxygen atoms in total. The summed E-state index contributed by atoms with van der Waals surface area (Å²) in [6, 6.07) is 2.74. The van der Waals surface area contributed by atoms with E-state index in [-0.39, 0.29) is 11.4 Å². The average Bonchev–Trinajstić information content (AvgIpc) is 3.11. The number of aryl methyl sites for hydroxylation is 1. The van der Waals surface area contributed by atoms with Crippen LogP contribution in [0.5, 0.6) is 0 Å². The molecule has 1 aliphatic rings. The molecule has 3 rings (SSSR count). The first-order chi connectivity index (χ1) is 11.0. The van der Waals surface area contributed by atoms with Crippen molar-refractivity contribution in [2.24, 2.45) is 0 Å². The SMILES string of the molecule is O=C(Nc1onc2c1CCC2)c1cc([N+](=O)[O-])cc([N+](=O)[O-])c1. The van der Waals surface area contributed by atoms with Crippen molar-refractivity contribution < 1.29 is 19.2 Å². The zero-order valence-electron chi connectivity index (χ0n) is 11.6. The van der Waals surface area contributed by atoms with Crippen molar-refractivity contribution in [3.8, 4) is 0 Å². The van der Waals surface area contributed by atoms with Crippen molar-refractivity contribution in [1.82, 2.24) is 5.16 Å². The molecule has 1 aliphatic carbocycles. The van der Waals surface area contributed by atoms with Gasteiger partial charge in [-0.15, -0.1) is 0 Å². The molecule has 0 saturated carbocycles. The molecular weight excluding hydrogens is 308 g/mol. The predicted octanol–water partition coefficient (Wildman–Crippen LogP) is 2.23. The maximum absolute atomic E-state index is 12.2. The summed E-state index contributed by atoms with van der Waals surface area (Å²) < 4.78 is 5.04. The number of nitrogens with zero attached hydrogens (tertiary/aromatic N) is 3. The third-order valence-corrected chi connectivity index (χ3v) is 3.52. The highest BCUT2D eigenvalue weighted by molar-refractivity contribution is 6.04. The minimum Gasteiger partial charge on any atom is -0.338 e. The predicted molar refractivity (Wildman–Crippen MR) is 76.2 cm³/mol. The number of benzene rings is 1. The smallest absolute Gasteiger partial charge is 0.277 e. The molecule has 0 spiro atoms. The first-order valence-electron chi connectivity index (χ1n) is 6.68. The molecule has 1 aromatic carbocycles. The van der Waals surface area contributed by atoms with Crippen LogP contribution in [0.25, 0.3) is 0 Å². The highest BCUT2D eigenvalue weighted by Crippen LogP contribution is 2.29. The summed E-state index contributed by atoms with van der Waals surface area (Å²) in [7, 11) is 0. The van der Waals surface area contributed by atoms with Crippen LogP contribution in [0.3, 0.4) is 0 Å². The molecular formula is C13H10N4O6. The molecule has 1 aromatic heterocycles. The van der Waals surface area contributed by atoms with Gasteiger partial charge in [0.2, 0.25) is 5.88 Å². The van der Waals surface area contributed by atoms with Crippen LogP contribution in [0.1, 0.15) is 28.0 Å². The number of nitrogens with one attached hydrogen (secondary N) is 1. The second-order valence-corrected chi connectivity index (χ2v) is 5.00. The van der Waals surface area contributed by atoms with Crippen molar-refractivity contribution in [3.63, 3.8) is 0 Å². The van der Waals surface area contributed by atoms with Gasteiger partial charge in [-0.2, -0.15) is 0 Å². The van der Waals surface area contributed by atoms with Gasteiger partial charge in [-0.05, 0) is 19.3 Å². The first kappa shape index (κ1) is 14.6. The Labute approximate surface area is 128 Å². The van der Waals surface area contributed by atoms with Gasteiger partial charge in [-0.1, -0.05) is 5.16 Å². The van der Waals surface area contributed by atoms with Gasteiger partial charge in [0.05, 0.1) is 27.2 Å². The fourth-order valence-corrected chi connectivity index (χ4v) is 2.44. The van der Waals surface area contributed by atoms with Crippen LogP contribution in [0.4, 0.5) is 17.3 Å². The van der Waals surface area contributed by atoms with Gasteiger partial charge in [0, 0.05) is 17.7 Å². The lowest BCUT2D eigenvalue weighted by Crippen LogP contribution is -2.13. The van der Waals surface area contributed by atoms with Crippen LogP contribution >= 0.6 is 0 Å². The topological polar surface area (TPSA) is 141 Å². The fraction of sp³-hybridized carbons (Fsp3) is 0.231. The second-order valence-electron chi connectivity index (χ2n) is 5.00. The molecule has 10 heteroatoms. The minimum absolute atomic E-state index is 0.177. The van der Waals surface area contributed by atoms with Gasteiger partial charge in [0.25, 0.3) is 17.3 Å². The number of hydrogen-bond donors (Lipinski definition) is 1. The molecule has 1 amide bonds. The third kappa shape index (κ3) is 2.73. The van der Waals surface area contributed by atoms with Crippen molar-refractivity contribution in [2.45, 2.75) is 19.3 Å². The summed E-state index contributed by atoms with van der Waals surface area (Å²) in [5, 5.41) is 28.0. The van der Waals surface area contributed by atoms with E-state index in [2.05, 4.69) is 10.5 Å². The number of nitro benzene ring substituents is 2. The van der Waals surface area contributed by atoms with E-state index in [0.717, 1.165) is 42.3 Å². The monoisotopic (exact) mass is 318 g/mol. The Bertz CT molecular complexity index is 796. The zero-order valence-corrected chi connectivity index (χ0v) is 11.6. The van der Waals surface area contributed by atoms with E-state index >= 15 is 0 Å². The van der Waals surface area contributed by atoms with Gasteiger partial charge in [0.15, 0.2) is 0 Å². The lowest BCUT2D eigenvalue weighted by Gasteiger charge is -2.03. The van der Waals surface area contributed by atoms with Crippen molar-refractivity contribution in [2.75, 3.05) is 5.32 Å². The van der Waals surface area contributed by atoms with Crippen LogP contribution in [0.2, 0.25) is 0 Å². The highest BCUT2D eigenvalue weighted by Gasteiger charge is 2.24. The normalized spacial score (nSPS) is 12.7. The molecule has 0 fully saturated rings. The van der Waals surface area contributed by atoms with Crippen LogP contribution in [-0.4, -0.2) is 20.9 Å². The number of carbonyl (C=O) groups is 1. The third-order valence-electron chi connectivity index (χ3n) is 3.52. The van der Waals surface area contributed by atoms with E-state index < -0.39 is 27.1 Å². The maximum Gasteiger partial charge on any atom is 0.277 e. The van der Waals surface area contributed by atoms with Gasteiger partial charge in [0.1, 0.15) is 0 Å². The van der Waals surface area contributed by atoms with Crippen LogP contribution < -0.4 is 5.32 Å². The first-order valence-corrected chi connectivity index (χ1v) is 6.68. The Balaban J connectivity index is 1.92. The quantitative estimate of drug-likeness (QED) is 0.672. The molecule has 1 N–H and O–H groups in total. The number of anilines is 1. The summed E-state index contributed by atoms with van der Waals surface area (Å²) >= 11 is 0. The summed E-state index contributed by atoms with van der Waals surface area (Å²) in [5.74, 6) is -0.556. The molecule has 118 valence electrons. The van der Waals surface area contributed by atoms with Crippen molar-refractivity contribution in [3.05, 3.63) is 55.2 Å². The molecule has 0 saturated heterocycles. The molecule has 0 bridgehead atoms. The highest BCUT2D eigenvalue weighted by atomic mass is 16.6. The van der Waals surface area contributed by atoms with Crippen LogP contribution in [0.15, 0.2) is 22.7 Å². The molecule has 0 radical (unpaired) electrons. The van der Waals surface area contributed by atoms with Gasteiger partial charge < -0.3 is 4.52 Å². The Hall–Kier alpha value is -3.30. The number of non-ortho nitro benzene ring substituents is 2. The minimum atomic E-state index is -0.796.